The highest BCUT2D eigenvalue weighted by Crippen LogP contribution is 2.26. The lowest BCUT2D eigenvalue weighted by atomic mass is 10.3. The zero-order chi connectivity index (χ0) is 14.1. The van der Waals surface area contributed by atoms with Gasteiger partial charge < -0.3 is 9.88 Å². The van der Waals surface area contributed by atoms with Crippen molar-refractivity contribution in [1.82, 2.24) is 9.55 Å². The maximum absolute atomic E-state index is 6.01. The number of nitrogens with one attached hydrogen (secondary N) is 1. The molecule has 20 heavy (non-hydrogen) atoms. The van der Waals surface area contributed by atoms with Crippen molar-refractivity contribution in [2.75, 3.05) is 5.32 Å². The third-order valence-electron chi connectivity index (χ3n) is 3.25. The van der Waals surface area contributed by atoms with Gasteiger partial charge in [-0.05, 0) is 46.3 Å². The van der Waals surface area contributed by atoms with Gasteiger partial charge in [-0.1, -0.05) is 23.7 Å². The Hall–Kier alpha value is -1.52. The standard InChI is InChI=1S/C15H13BrClN3/c1-20-14-5-3-2-4-12(14)19-15(20)9-18-13-8-10(17)6-7-11(13)16/h2-8,18H,9H2,1H3. The van der Waals surface area contributed by atoms with Crippen LogP contribution in [0.4, 0.5) is 5.69 Å². The van der Waals surface area contributed by atoms with E-state index in [1.807, 2.05) is 43.4 Å². The maximum Gasteiger partial charge on any atom is 0.128 e. The highest BCUT2D eigenvalue weighted by Gasteiger charge is 2.07. The number of imidazole rings is 1. The summed E-state index contributed by atoms with van der Waals surface area (Å²) >= 11 is 9.52. The third-order valence-corrected chi connectivity index (χ3v) is 4.17. The van der Waals surface area contributed by atoms with Crippen LogP contribution in [0.25, 0.3) is 11.0 Å². The Morgan fingerprint density at radius 1 is 1.25 bits per heavy atom. The van der Waals surface area contributed by atoms with Crippen LogP contribution < -0.4 is 5.32 Å². The van der Waals surface area contributed by atoms with Gasteiger partial charge in [0.05, 0.1) is 23.3 Å². The van der Waals surface area contributed by atoms with Crippen LogP contribution >= 0.6 is 27.5 Å². The summed E-state index contributed by atoms with van der Waals surface area (Å²) in [5.74, 6) is 0.984. The molecule has 2 aromatic carbocycles. The minimum Gasteiger partial charge on any atom is -0.377 e. The lowest BCUT2D eigenvalue weighted by Gasteiger charge is -2.09. The smallest absolute Gasteiger partial charge is 0.128 e. The zero-order valence-electron chi connectivity index (χ0n) is 10.9. The van der Waals surface area contributed by atoms with Crippen molar-refractivity contribution in [3.05, 3.63) is 57.8 Å². The minimum atomic E-state index is 0.643. The molecule has 0 saturated carbocycles. The van der Waals surface area contributed by atoms with E-state index in [9.17, 15) is 0 Å². The van der Waals surface area contributed by atoms with Crippen LogP contribution in [-0.2, 0) is 13.6 Å². The third kappa shape index (κ3) is 2.53. The second-order valence-electron chi connectivity index (χ2n) is 4.55. The van der Waals surface area contributed by atoms with Crippen LogP contribution in [0, 0.1) is 0 Å². The number of fused-ring (bicyclic) bond motifs is 1. The summed E-state index contributed by atoms with van der Waals surface area (Å²) in [6.45, 7) is 0.643. The predicted molar refractivity (Wildman–Crippen MR) is 87.2 cm³/mol. The van der Waals surface area contributed by atoms with Gasteiger partial charge in [0.15, 0.2) is 0 Å². The van der Waals surface area contributed by atoms with E-state index >= 15 is 0 Å². The van der Waals surface area contributed by atoms with Crippen LogP contribution in [0.2, 0.25) is 5.02 Å². The number of nitrogens with zero attached hydrogens (tertiary/aromatic N) is 2. The Morgan fingerprint density at radius 3 is 2.85 bits per heavy atom. The maximum atomic E-state index is 6.01. The second-order valence-corrected chi connectivity index (χ2v) is 5.84. The number of rotatable bonds is 3. The van der Waals surface area contributed by atoms with Gasteiger partial charge in [0.25, 0.3) is 0 Å². The number of aryl methyl sites for hydroxylation is 1. The van der Waals surface area contributed by atoms with E-state index in [1.54, 1.807) is 0 Å². The summed E-state index contributed by atoms with van der Waals surface area (Å²) in [6, 6.07) is 13.8. The SMILES string of the molecule is Cn1c(CNc2cc(Cl)ccc2Br)nc2ccccc21. The fraction of sp³-hybridized carbons (Fsp3) is 0.133. The predicted octanol–water partition coefficient (Wildman–Crippen LogP) is 4.60. The molecule has 102 valence electrons. The van der Waals surface area contributed by atoms with Crippen LogP contribution in [-0.4, -0.2) is 9.55 Å². The van der Waals surface area contributed by atoms with Gasteiger partial charge in [-0.2, -0.15) is 0 Å². The van der Waals surface area contributed by atoms with Crippen LogP contribution in [0.15, 0.2) is 46.9 Å². The molecule has 0 bridgehead atoms. The summed E-state index contributed by atoms with van der Waals surface area (Å²) in [5.41, 5.74) is 3.11. The minimum absolute atomic E-state index is 0.643. The van der Waals surface area contributed by atoms with Crippen molar-refractivity contribution >= 4 is 44.3 Å². The summed E-state index contributed by atoms with van der Waals surface area (Å²) < 4.78 is 3.08. The van der Waals surface area contributed by atoms with Gasteiger partial charge in [0.2, 0.25) is 0 Å². The van der Waals surface area contributed by atoms with Crippen molar-refractivity contribution in [3.8, 4) is 0 Å². The molecular weight excluding hydrogens is 338 g/mol. The molecule has 0 unspecified atom stereocenters. The van der Waals surface area contributed by atoms with Crippen LogP contribution in [0.3, 0.4) is 0 Å². The molecule has 0 fully saturated rings. The summed E-state index contributed by atoms with van der Waals surface area (Å²) in [7, 11) is 2.03. The first-order valence-electron chi connectivity index (χ1n) is 6.24. The Labute approximate surface area is 130 Å². The average Bonchev–Trinajstić information content (AvgIpc) is 2.77. The number of hydrogen-bond acceptors (Lipinski definition) is 2. The monoisotopic (exact) mass is 349 g/mol. The summed E-state index contributed by atoms with van der Waals surface area (Å²) in [5, 5.41) is 4.07. The van der Waals surface area contributed by atoms with E-state index < -0.39 is 0 Å². The lowest BCUT2D eigenvalue weighted by Crippen LogP contribution is -2.06. The average molecular weight is 351 g/mol. The van der Waals surface area contributed by atoms with Crippen molar-refractivity contribution in [2.24, 2.45) is 7.05 Å². The molecule has 1 aromatic heterocycles. The van der Waals surface area contributed by atoms with Gasteiger partial charge in [-0.25, -0.2) is 4.98 Å². The number of hydrogen-bond donors (Lipinski definition) is 1. The van der Waals surface area contributed by atoms with Crippen molar-refractivity contribution in [2.45, 2.75) is 6.54 Å². The number of halogens is 2. The fourth-order valence-corrected chi connectivity index (χ4v) is 2.72. The molecule has 0 atom stereocenters. The molecule has 0 amide bonds. The lowest BCUT2D eigenvalue weighted by molar-refractivity contribution is 0.834. The Kier molecular flexibility index (Phi) is 3.68. The van der Waals surface area contributed by atoms with E-state index in [2.05, 4.69) is 36.9 Å². The van der Waals surface area contributed by atoms with Gasteiger partial charge in [-0.15, -0.1) is 0 Å². The van der Waals surface area contributed by atoms with E-state index in [0.29, 0.717) is 11.6 Å². The number of anilines is 1. The molecule has 3 aromatic rings. The number of aromatic nitrogens is 2. The van der Waals surface area contributed by atoms with E-state index in [-0.39, 0.29) is 0 Å². The number of benzene rings is 2. The number of para-hydroxylation sites is 2. The molecule has 0 radical (unpaired) electrons. The zero-order valence-corrected chi connectivity index (χ0v) is 13.2. The summed E-state index contributed by atoms with van der Waals surface area (Å²) in [6.07, 6.45) is 0. The van der Waals surface area contributed by atoms with Gasteiger partial charge in [0, 0.05) is 16.5 Å². The highest BCUT2D eigenvalue weighted by molar-refractivity contribution is 9.10. The van der Waals surface area contributed by atoms with E-state index in [0.717, 1.165) is 27.0 Å². The first kappa shape index (κ1) is 13.5. The Bertz CT molecular complexity index is 767. The molecule has 0 aliphatic heterocycles. The molecule has 5 heteroatoms. The molecule has 1 heterocycles. The highest BCUT2D eigenvalue weighted by atomic mass is 79.9. The Balaban J connectivity index is 1.87. The molecule has 3 rings (SSSR count). The van der Waals surface area contributed by atoms with Crippen LogP contribution in [0.5, 0.6) is 0 Å². The second kappa shape index (κ2) is 5.46. The van der Waals surface area contributed by atoms with E-state index in [1.165, 1.54) is 0 Å². The molecule has 1 N–H and O–H groups in total. The van der Waals surface area contributed by atoms with Crippen LogP contribution in [0.1, 0.15) is 5.82 Å². The first-order valence-corrected chi connectivity index (χ1v) is 7.41. The molecule has 0 aliphatic carbocycles. The fourth-order valence-electron chi connectivity index (χ4n) is 2.16. The molecule has 3 nitrogen and oxygen atoms in total. The quantitative estimate of drug-likeness (QED) is 0.748. The molecule has 0 saturated heterocycles. The first-order chi connectivity index (χ1) is 9.65. The van der Waals surface area contributed by atoms with E-state index in [4.69, 9.17) is 11.6 Å². The Morgan fingerprint density at radius 2 is 2.05 bits per heavy atom. The summed E-state index contributed by atoms with van der Waals surface area (Å²) in [4.78, 5) is 4.63. The van der Waals surface area contributed by atoms with Gasteiger partial charge in [-0.3, -0.25) is 0 Å². The largest absolute Gasteiger partial charge is 0.377 e. The molecule has 0 aliphatic rings. The molecule has 0 spiro atoms. The topological polar surface area (TPSA) is 29.9 Å². The van der Waals surface area contributed by atoms with Crippen molar-refractivity contribution < 1.29 is 0 Å². The normalized spacial score (nSPS) is 10.9. The van der Waals surface area contributed by atoms with Gasteiger partial charge >= 0.3 is 0 Å². The molecular formula is C15H13BrClN3. The van der Waals surface area contributed by atoms with Crippen molar-refractivity contribution in [1.29, 1.82) is 0 Å². The van der Waals surface area contributed by atoms with Gasteiger partial charge in [0.1, 0.15) is 5.82 Å². The van der Waals surface area contributed by atoms with Crippen molar-refractivity contribution in [3.63, 3.8) is 0 Å².